The summed E-state index contributed by atoms with van der Waals surface area (Å²) in [5.41, 5.74) is 5.42. The molecule has 3 rings (SSSR count). The zero-order chi connectivity index (χ0) is 13.9. The number of halogens is 2. The van der Waals surface area contributed by atoms with Crippen LogP contribution in [-0.4, -0.2) is 4.43 Å². The van der Waals surface area contributed by atoms with E-state index in [1.54, 1.807) is 0 Å². The maximum Gasteiger partial charge on any atom is 0.0409 e. The van der Waals surface area contributed by atoms with E-state index in [1.165, 1.54) is 39.5 Å². The van der Waals surface area contributed by atoms with Crippen molar-refractivity contribution in [1.29, 1.82) is 0 Å². The molecule has 0 saturated carbocycles. The number of fused-ring (bicyclic) bond motifs is 2. The van der Waals surface area contributed by atoms with Crippen molar-refractivity contribution < 1.29 is 0 Å². The van der Waals surface area contributed by atoms with Crippen LogP contribution in [0, 0.1) is 0 Å². The van der Waals surface area contributed by atoms with Crippen molar-refractivity contribution in [2.45, 2.75) is 18.8 Å². The quantitative estimate of drug-likeness (QED) is 0.431. The normalized spacial score (nSPS) is 16.4. The lowest BCUT2D eigenvalue weighted by molar-refractivity contribution is 0.706. The summed E-state index contributed by atoms with van der Waals surface area (Å²) >= 11 is 8.69. The molecule has 0 fully saturated rings. The molecule has 0 saturated heterocycles. The first-order chi connectivity index (χ1) is 9.79. The van der Waals surface area contributed by atoms with E-state index in [4.69, 9.17) is 11.6 Å². The van der Waals surface area contributed by atoms with E-state index in [-0.39, 0.29) is 0 Å². The lowest BCUT2D eigenvalue weighted by atomic mass is 9.85. The molecule has 20 heavy (non-hydrogen) atoms. The Morgan fingerprint density at radius 2 is 1.70 bits per heavy atom. The summed E-state index contributed by atoms with van der Waals surface area (Å²) in [6, 6.07) is 15.0. The third-order valence-electron chi connectivity index (χ3n) is 3.86. The Morgan fingerprint density at radius 3 is 2.50 bits per heavy atom. The molecule has 0 aromatic heterocycles. The highest BCUT2D eigenvalue weighted by Crippen LogP contribution is 2.38. The fraction of sp³-hybridized carbons (Fsp3) is 0.222. The van der Waals surface area contributed by atoms with Gasteiger partial charge >= 0.3 is 0 Å². The molecule has 2 aromatic rings. The van der Waals surface area contributed by atoms with E-state index >= 15 is 0 Å². The zero-order valence-corrected chi connectivity index (χ0v) is 14.1. The summed E-state index contributed by atoms with van der Waals surface area (Å²) < 4.78 is 1.19. The van der Waals surface area contributed by atoms with Gasteiger partial charge in [-0.3, -0.25) is 0 Å². The molecule has 0 bridgehead atoms. The first-order valence-corrected chi connectivity index (χ1v) is 8.82. The number of benzene rings is 2. The van der Waals surface area contributed by atoms with Crippen LogP contribution in [0.5, 0.6) is 0 Å². The van der Waals surface area contributed by atoms with Gasteiger partial charge in [0.25, 0.3) is 0 Å². The van der Waals surface area contributed by atoms with Gasteiger partial charge in [0.15, 0.2) is 0 Å². The monoisotopic (exact) mass is 394 g/mol. The minimum Gasteiger partial charge on any atom is -0.0864 e. The molecule has 0 spiro atoms. The fourth-order valence-corrected chi connectivity index (χ4v) is 3.54. The highest BCUT2D eigenvalue weighted by Gasteiger charge is 2.21. The molecule has 1 aliphatic rings. The SMILES string of the molecule is Clc1ccc2c(c1)C(CCCI)c1ccccc1C=C2. The Labute approximate surface area is 139 Å². The molecule has 0 radical (unpaired) electrons. The van der Waals surface area contributed by atoms with E-state index in [1.807, 2.05) is 6.07 Å². The van der Waals surface area contributed by atoms with Gasteiger partial charge in [-0.1, -0.05) is 76.7 Å². The summed E-state index contributed by atoms with van der Waals surface area (Å²) in [6.45, 7) is 0. The summed E-state index contributed by atoms with van der Waals surface area (Å²) in [4.78, 5) is 0. The lowest BCUT2D eigenvalue weighted by Crippen LogP contribution is -2.04. The van der Waals surface area contributed by atoms with Crippen molar-refractivity contribution in [3.05, 3.63) is 69.7 Å². The van der Waals surface area contributed by atoms with Gasteiger partial charge in [-0.05, 0) is 51.7 Å². The van der Waals surface area contributed by atoms with Crippen LogP contribution in [0.2, 0.25) is 5.02 Å². The molecule has 0 heterocycles. The summed E-state index contributed by atoms with van der Waals surface area (Å²) in [5.74, 6) is 0.449. The fourth-order valence-electron chi connectivity index (χ4n) is 2.92. The summed E-state index contributed by atoms with van der Waals surface area (Å²) in [7, 11) is 0. The van der Waals surface area contributed by atoms with Crippen molar-refractivity contribution in [2.24, 2.45) is 0 Å². The van der Waals surface area contributed by atoms with Gasteiger partial charge in [-0.2, -0.15) is 0 Å². The first kappa shape index (κ1) is 14.2. The van der Waals surface area contributed by atoms with E-state index in [9.17, 15) is 0 Å². The maximum absolute atomic E-state index is 6.23. The van der Waals surface area contributed by atoms with Gasteiger partial charge in [0, 0.05) is 10.9 Å². The molecule has 0 nitrogen and oxygen atoms in total. The Kier molecular flexibility index (Phi) is 4.47. The molecule has 102 valence electrons. The average molecular weight is 395 g/mol. The molecule has 1 atom stereocenters. The molecule has 1 aliphatic carbocycles. The Hall–Kier alpha value is -0.800. The topological polar surface area (TPSA) is 0 Å². The predicted octanol–water partition coefficient (Wildman–Crippen LogP) is 6.17. The predicted molar refractivity (Wildman–Crippen MR) is 96.8 cm³/mol. The Bertz CT molecular complexity index is 646. The van der Waals surface area contributed by atoms with Crippen molar-refractivity contribution in [1.82, 2.24) is 0 Å². The number of alkyl halides is 1. The van der Waals surface area contributed by atoms with E-state index in [0.29, 0.717) is 5.92 Å². The minimum atomic E-state index is 0.449. The van der Waals surface area contributed by atoms with Crippen LogP contribution >= 0.6 is 34.2 Å². The van der Waals surface area contributed by atoms with Crippen LogP contribution in [0.25, 0.3) is 12.2 Å². The van der Waals surface area contributed by atoms with Crippen LogP contribution < -0.4 is 0 Å². The molecule has 0 N–H and O–H groups in total. The van der Waals surface area contributed by atoms with Crippen molar-refractivity contribution >= 4 is 46.3 Å². The summed E-state index contributed by atoms with van der Waals surface area (Å²) in [6.07, 6.45) is 6.85. The van der Waals surface area contributed by atoms with Crippen LogP contribution in [0.3, 0.4) is 0 Å². The van der Waals surface area contributed by atoms with Crippen LogP contribution in [0.15, 0.2) is 42.5 Å². The van der Waals surface area contributed by atoms with Crippen molar-refractivity contribution in [2.75, 3.05) is 4.43 Å². The van der Waals surface area contributed by atoms with Gasteiger partial charge in [0.2, 0.25) is 0 Å². The molecule has 1 unspecified atom stereocenters. The molecule has 0 aliphatic heterocycles. The van der Waals surface area contributed by atoms with E-state index < -0.39 is 0 Å². The Balaban J connectivity index is 2.15. The average Bonchev–Trinajstić information content (AvgIpc) is 2.62. The number of hydrogen-bond acceptors (Lipinski definition) is 0. The van der Waals surface area contributed by atoms with Gasteiger partial charge in [-0.25, -0.2) is 0 Å². The zero-order valence-electron chi connectivity index (χ0n) is 11.2. The summed E-state index contributed by atoms with van der Waals surface area (Å²) in [5, 5.41) is 0.830. The largest absolute Gasteiger partial charge is 0.0864 e. The van der Waals surface area contributed by atoms with Crippen LogP contribution in [0.4, 0.5) is 0 Å². The first-order valence-electron chi connectivity index (χ1n) is 6.92. The lowest BCUT2D eigenvalue weighted by Gasteiger charge is -2.20. The number of rotatable bonds is 3. The second kappa shape index (κ2) is 6.31. The van der Waals surface area contributed by atoms with E-state index in [0.717, 1.165) is 5.02 Å². The van der Waals surface area contributed by atoms with Crippen LogP contribution in [0.1, 0.15) is 41.0 Å². The Morgan fingerprint density at radius 1 is 0.950 bits per heavy atom. The standard InChI is InChI=1S/C18H16ClI/c19-15-10-9-14-8-7-13-4-1-2-5-16(13)17(6-3-11-20)18(14)12-15/h1-2,4-5,7-10,12,17H,3,6,11H2. The minimum absolute atomic E-state index is 0.449. The smallest absolute Gasteiger partial charge is 0.0409 e. The van der Waals surface area contributed by atoms with Gasteiger partial charge < -0.3 is 0 Å². The van der Waals surface area contributed by atoms with Crippen molar-refractivity contribution in [3.63, 3.8) is 0 Å². The highest BCUT2D eigenvalue weighted by molar-refractivity contribution is 14.1. The van der Waals surface area contributed by atoms with Crippen molar-refractivity contribution in [3.8, 4) is 0 Å². The second-order valence-corrected chi connectivity index (χ2v) is 6.63. The highest BCUT2D eigenvalue weighted by atomic mass is 127. The van der Waals surface area contributed by atoms with Gasteiger partial charge in [0.1, 0.15) is 0 Å². The van der Waals surface area contributed by atoms with E-state index in [2.05, 4.69) is 71.1 Å². The van der Waals surface area contributed by atoms with Gasteiger partial charge in [-0.15, -0.1) is 0 Å². The molecular weight excluding hydrogens is 379 g/mol. The van der Waals surface area contributed by atoms with Crippen LogP contribution in [-0.2, 0) is 0 Å². The molecule has 2 aromatic carbocycles. The third-order valence-corrected chi connectivity index (χ3v) is 4.86. The van der Waals surface area contributed by atoms with Gasteiger partial charge in [0.05, 0.1) is 0 Å². The molecule has 0 amide bonds. The third kappa shape index (κ3) is 2.79. The molecular formula is C18H16ClI. The molecule has 2 heteroatoms. The second-order valence-electron chi connectivity index (χ2n) is 5.12. The maximum atomic E-state index is 6.23. The number of hydrogen-bond donors (Lipinski definition) is 0.